The van der Waals surface area contributed by atoms with Gasteiger partial charge >= 0.3 is 0 Å². The standard InChI is InChI=1S/C20H14ClN5O3/c1-12-17-18(21)16(20(27)23-13-7-9-15(10-8-13)26(28)29)11-22-19(17)25(24-12)14-5-3-2-4-6-14/h2-11H,1H3,(H,23,27). The summed E-state index contributed by atoms with van der Waals surface area (Å²) >= 11 is 6.53. The summed E-state index contributed by atoms with van der Waals surface area (Å²) in [7, 11) is 0. The lowest BCUT2D eigenvalue weighted by Gasteiger charge is -2.08. The van der Waals surface area contributed by atoms with E-state index in [0.717, 1.165) is 5.69 Å². The number of non-ortho nitro benzene ring substituents is 1. The molecule has 0 saturated carbocycles. The molecule has 0 aliphatic heterocycles. The van der Waals surface area contributed by atoms with Gasteiger partial charge in [-0.15, -0.1) is 0 Å². The highest BCUT2D eigenvalue weighted by Crippen LogP contribution is 2.30. The second kappa shape index (κ2) is 7.33. The van der Waals surface area contributed by atoms with Crippen molar-refractivity contribution in [3.63, 3.8) is 0 Å². The largest absolute Gasteiger partial charge is 0.322 e. The number of nitrogens with one attached hydrogen (secondary N) is 1. The quantitative estimate of drug-likeness (QED) is 0.395. The van der Waals surface area contributed by atoms with Gasteiger partial charge < -0.3 is 5.32 Å². The minimum absolute atomic E-state index is 0.0620. The van der Waals surface area contributed by atoms with E-state index in [0.29, 0.717) is 22.4 Å². The van der Waals surface area contributed by atoms with Crippen LogP contribution in [0.4, 0.5) is 11.4 Å². The number of hydrogen-bond donors (Lipinski definition) is 1. The van der Waals surface area contributed by atoms with Gasteiger partial charge in [-0.05, 0) is 31.2 Å². The molecule has 144 valence electrons. The van der Waals surface area contributed by atoms with Crippen LogP contribution in [0.25, 0.3) is 16.7 Å². The number of amides is 1. The second-order valence-corrected chi connectivity index (χ2v) is 6.65. The Labute approximate surface area is 169 Å². The molecule has 0 spiro atoms. The maximum atomic E-state index is 12.7. The Kier molecular flexibility index (Phi) is 4.69. The van der Waals surface area contributed by atoms with Gasteiger partial charge in [0.05, 0.1) is 32.3 Å². The maximum Gasteiger partial charge on any atom is 0.269 e. The third-order valence-electron chi connectivity index (χ3n) is 4.39. The van der Waals surface area contributed by atoms with Crippen molar-refractivity contribution in [2.24, 2.45) is 0 Å². The minimum atomic E-state index is -0.506. The van der Waals surface area contributed by atoms with Crippen molar-refractivity contribution in [1.29, 1.82) is 0 Å². The molecule has 9 heteroatoms. The molecule has 0 radical (unpaired) electrons. The third-order valence-corrected chi connectivity index (χ3v) is 4.78. The Morgan fingerprint density at radius 1 is 1.14 bits per heavy atom. The monoisotopic (exact) mass is 407 g/mol. The van der Waals surface area contributed by atoms with E-state index < -0.39 is 10.8 Å². The maximum absolute atomic E-state index is 12.7. The van der Waals surface area contributed by atoms with Crippen LogP contribution >= 0.6 is 11.6 Å². The van der Waals surface area contributed by atoms with E-state index in [-0.39, 0.29) is 16.3 Å². The van der Waals surface area contributed by atoms with Crippen molar-refractivity contribution in [2.75, 3.05) is 5.32 Å². The van der Waals surface area contributed by atoms with Crippen LogP contribution in [0.5, 0.6) is 0 Å². The number of aryl methyl sites for hydroxylation is 1. The molecule has 0 aliphatic carbocycles. The van der Waals surface area contributed by atoms with Crippen molar-refractivity contribution in [3.8, 4) is 5.69 Å². The number of carbonyl (C=O) groups excluding carboxylic acids is 1. The lowest BCUT2D eigenvalue weighted by atomic mass is 10.2. The molecule has 2 heterocycles. The average Bonchev–Trinajstić information content (AvgIpc) is 3.06. The lowest BCUT2D eigenvalue weighted by molar-refractivity contribution is -0.384. The highest BCUT2D eigenvalue weighted by atomic mass is 35.5. The van der Waals surface area contributed by atoms with Crippen LogP contribution in [0.1, 0.15) is 16.1 Å². The van der Waals surface area contributed by atoms with Crippen LogP contribution in [0.3, 0.4) is 0 Å². The molecular formula is C20H14ClN5O3. The summed E-state index contributed by atoms with van der Waals surface area (Å²) < 4.78 is 1.68. The number of nitro groups is 1. The van der Waals surface area contributed by atoms with Crippen LogP contribution in [0, 0.1) is 17.0 Å². The zero-order valence-corrected chi connectivity index (χ0v) is 15.9. The summed E-state index contributed by atoms with van der Waals surface area (Å²) in [6, 6.07) is 15.0. The van der Waals surface area contributed by atoms with Crippen LogP contribution in [0.2, 0.25) is 5.02 Å². The first-order valence-corrected chi connectivity index (χ1v) is 8.98. The van der Waals surface area contributed by atoms with E-state index in [1.807, 2.05) is 30.3 Å². The van der Waals surface area contributed by atoms with E-state index in [1.54, 1.807) is 11.6 Å². The first kappa shape index (κ1) is 18.6. The summed E-state index contributed by atoms with van der Waals surface area (Å²) in [6.45, 7) is 1.80. The molecule has 8 nitrogen and oxygen atoms in total. The number of fused-ring (bicyclic) bond motifs is 1. The Hall–Kier alpha value is -3.78. The highest BCUT2D eigenvalue weighted by Gasteiger charge is 2.20. The summed E-state index contributed by atoms with van der Waals surface area (Å²) in [5.41, 5.74) is 2.56. The molecule has 29 heavy (non-hydrogen) atoms. The molecule has 0 fully saturated rings. The zero-order chi connectivity index (χ0) is 20.5. The van der Waals surface area contributed by atoms with Crippen LogP contribution in [-0.2, 0) is 0 Å². The molecular weight excluding hydrogens is 394 g/mol. The van der Waals surface area contributed by atoms with Gasteiger partial charge in [-0.1, -0.05) is 29.8 Å². The van der Waals surface area contributed by atoms with Gasteiger partial charge in [-0.25, -0.2) is 9.67 Å². The normalized spacial score (nSPS) is 10.8. The number of para-hydroxylation sites is 1. The molecule has 2 aromatic carbocycles. The van der Waals surface area contributed by atoms with E-state index in [2.05, 4.69) is 15.4 Å². The van der Waals surface area contributed by atoms with Gasteiger partial charge in [-0.2, -0.15) is 5.10 Å². The smallest absolute Gasteiger partial charge is 0.269 e. The molecule has 1 amide bonds. The highest BCUT2D eigenvalue weighted by molar-refractivity contribution is 6.39. The van der Waals surface area contributed by atoms with Crippen molar-refractivity contribution in [1.82, 2.24) is 14.8 Å². The van der Waals surface area contributed by atoms with Gasteiger partial charge in [-0.3, -0.25) is 14.9 Å². The van der Waals surface area contributed by atoms with Crippen molar-refractivity contribution in [2.45, 2.75) is 6.92 Å². The predicted octanol–water partition coefficient (Wildman–Crippen LogP) is 4.54. The lowest BCUT2D eigenvalue weighted by Crippen LogP contribution is -2.13. The van der Waals surface area contributed by atoms with Crippen LogP contribution in [-0.4, -0.2) is 25.6 Å². The molecule has 0 aliphatic rings. The number of nitrogens with zero attached hydrogens (tertiary/aromatic N) is 4. The Balaban J connectivity index is 1.69. The summed E-state index contributed by atoms with van der Waals surface area (Å²) in [5.74, 6) is -0.467. The van der Waals surface area contributed by atoms with Gasteiger partial charge in [0.2, 0.25) is 0 Å². The average molecular weight is 408 g/mol. The fourth-order valence-corrected chi connectivity index (χ4v) is 3.34. The molecule has 0 bridgehead atoms. The molecule has 1 N–H and O–H groups in total. The van der Waals surface area contributed by atoms with Crippen LogP contribution in [0.15, 0.2) is 60.8 Å². The minimum Gasteiger partial charge on any atom is -0.322 e. The van der Waals surface area contributed by atoms with Gasteiger partial charge in [0.1, 0.15) is 0 Å². The SMILES string of the molecule is Cc1nn(-c2ccccc2)c2ncc(C(=O)Nc3ccc([N+](=O)[O-])cc3)c(Cl)c12. The Bertz CT molecular complexity index is 1240. The molecule has 0 unspecified atom stereocenters. The number of nitro benzene ring substituents is 1. The first-order chi connectivity index (χ1) is 14.0. The fourth-order valence-electron chi connectivity index (χ4n) is 2.98. The molecule has 0 saturated heterocycles. The Morgan fingerprint density at radius 3 is 2.48 bits per heavy atom. The number of anilines is 1. The number of carbonyl (C=O) groups is 1. The summed E-state index contributed by atoms with van der Waals surface area (Å²) in [6.07, 6.45) is 1.39. The molecule has 2 aromatic heterocycles. The molecule has 4 aromatic rings. The number of aromatic nitrogens is 3. The molecule has 4 rings (SSSR count). The van der Waals surface area contributed by atoms with E-state index in [9.17, 15) is 14.9 Å². The van der Waals surface area contributed by atoms with Gasteiger partial charge in [0, 0.05) is 24.0 Å². The Morgan fingerprint density at radius 2 is 1.83 bits per heavy atom. The fraction of sp³-hybridized carbons (Fsp3) is 0.0500. The van der Waals surface area contributed by atoms with Crippen molar-refractivity contribution in [3.05, 3.63) is 87.2 Å². The third kappa shape index (κ3) is 3.41. The van der Waals surface area contributed by atoms with Gasteiger partial charge in [0.25, 0.3) is 11.6 Å². The number of benzene rings is 2. The first-order valence-electron chi connectivity index (χ1n) is 8.61. The van der Waals surface area contributed by atoms with E-state index in [4.69, 9.17) is 11.6 Å². The van der Waals surface area contributed by atoms with E-state index in [1.165, 1.54) is 30.5 Å². The topological polar surface area (TPSA) is 103 Å². The van der Waals surface area contributed by atoms with Crippen molar-refractivity contribution >= 4 is 39.9 Å². The zero-order valence-electron chi connectivity index (χ0n) is 15.2. The number of hydrogen-bond acceptors (Lipinski definition) is 5. The summed E-state index contributed by atoms with van der Waals surface area (Å²) in [5, 5.41) is 18.8. The molecule has 0 atom stereocenters. The second-order valence-electron chi connectivity index (χ2n) is 6.28. The number of pyridine rings is 1. The van der Waals surface area contributed by atoms with Gasteiger partial charge in [0.15, 0.2) is 5.65 Å². The number of halogens is 1. The predicted molar refractivity (Wildman–Crippen MR) is 110 cm³/mol. The van der Waals surface area contributed by atoms with Crippen molar-refractivity contribution < 1.29 is 9.72 Å². The summed E-state index contributed by atoms with van der Waals surface area (Å²) in [4.78, 5) is 27.3. The van der Waals surface area contributed by atoms with Crippen LogP contribution < -0.4 is 5.32 Å². The van der Waals surface area contributed by atoms with E-state index >= 15 is 0 Å². The number of rotatable bonds is 4.